The van der Waals surface area contributed by atoms with Crippen molar-refractivity contribution in [1.82, 2.24) is 10.3 Å². The zero-order chi connectivity index (χ0) is 12.8. The predicted octanol–water partition coefficient (Wildman–Crippen LogP) is 2.28. The van der Waals surface area contributed by atoms with E-state index < -0.39 is 0 Å². The molecule has 1 aromatic heterocycles. The van der Waals surface area contributed by atoms with Crippen LogP contribution in [0.15, 0.2) is 18.2 Å². The molecule has 0 aliphatic carbocycles. The Balaban J connectivity index is 1.93. The number of hydrogen-bond acceptors (Lipinski definition) is 4. The van der Waals surface area contributed by atoms with E-state index in [4.69, 9.17) is 4.74 Å². The topological polar surface area (TPSA) is 46.2 Å². The molecule has 1 saturated heterocycles. The Bertz CT molecular complexity index is 364. The maximum atomic E-state index is 5.41. The minimum atomic E-state index is 0.433. The monoisotopic (exact) mass is 249 g/mol. The van der Waals surface area contributed by atoms with Crippen molar-refractivity contribution < 1.29 is 4.74 Å². The van der Waals surface area contributed by atoms with E-state index in [1.54, 1.807) is 0 Å². The number of pyridine rings is 1. The summed E-state index contributed by atoms with van der Waals surface area (Å²) in [5.41, 5.74) is 0. The van der Waals surface area contributed by atoms with Gasteiger partial charge < -0.3 is 15.4 Å². The van der Waals surface area contributed by atoms with Crippen molar-refractivity contribution in [2.45, 2.75) is 32.7 Å². The molecule has 4 nitrogen and oxygen atoms in total. The molecule has 4 heteroatoms. The number of hydrogen-bond donors (Lipinski definition) is 2. The molecule has 2 N–H and O–H groups in total. The van der Waals surface area contributed by atoms with Crippen LogP contribution in [0.4, 0.5) is 5.82 Å². The summed E-state index contributed by atoms with van der Waals surface area (Å²) in [6, 6.07) is 6.30. The van der Waals surface area contributed by atoms with Gasteiger partial charge >= 0.3 is 0 Å². The minimum absolute atomic E-state index is 0.433. The van der Waals surface area contributed by atoms with Gasteiger partial charge in [-0.1, -0.05) is 6.07 Å². The molecule has 100 valence electrons. The zero-order valence-corrected chi connectivity index (χ0v) is 11.3. The highest BCUT2D eigenvalue weighted by Crippen LogP contribution is 2.19. The third-order valence-electron chi connectivity index (χ3n) is 3.43. The van der Waals surface area contributed by atoms with E-state index in [2.05, 4.69) is 22.5 Å². The van der Waals surface area contributed by atoms with E-state index >= 15 is 0 Å². The molecule has 2 heterocycles. The zero-order valence-electron chi connectivity index (χ0n) is 11.3. The van der Waals surface area contributed by atoms with Crippen LogP contribution < -0.4 is 15.4 Å². The molecule has 0 spiro atoms. The summed E-state index contributed by atoms with van der Waals surface area (Å²) in [4.78, 5) is 4.44. The third kappa shape index (κ3) is 3.60. The van der Waals surface area contributed by atoms with Crippen LogP contribution >= 0.6 is 0 Å². The second kappa shape index (κ2) is 6.59. The maximum Gasteiger partial charge on any atom is 0.215 e. The average molecular weight is 249 g/mol. The molecule has 2 atom stereocenters. The van der Waals surface area contributed by atoms with E-state index in [9.17, 15) is 0 Å². The fraction of sp³-hybridized carbons (Fsp3) is 0.643. The minimum Gasteiger partial charge on any atom is -0.478 e. The first-order valence-corrected chi connectivity index (χ1v) is 6.86. The van der Waals surface area contributed by atoms with Crippen LogP contribution in [0, 0.1) is 5.92 Å². The lowest BCUT2D eigenvalue weighted by Crippen LogP contribution is -2.38. The van der Waals surface area contributed by atoms with E-state index in [1.807, 2.05) is 25.1 Å². The highest BCUT2D eigenvalue weighted by Gasteiger charge is 2.19. The maximum absolute atomic E-state index is 5.41. The van der Waals surface area contributed by atoms with Crippen molar-refractivity contribution in [3.8, 4) is 5.88 Å². The fourth-order valence-electron chi connectivity index (χ4n) is 2.38. The molecular formula is C14H23N3O. The lowest BCUT2D eigenvalue weighted by atomic mass is 9.93. The van der Waals surface area contributed by atoms with Crippen molar-refractivity contribution in [3.05, 3.63) is 18.2 Å². The Morgan fingerprint density at radius 3 is 3.17 bits per heavy atom. The van der Waals surface area contributed by atoms with Crippen molar-refractivity contribution >= 4 is 5.82 Å². The van der Waals surface area contributed by atoms with Gasteiger partial charge in [-0.3, -0.25) is 0 Å². The first-order chi connectivity index (χ1) is 8.79. The van der Waals surface area contributed by atoms with Crippen molar-refractivity contribution in [2.75, 3.05) is 25.0 Å². The predicted molar refractivity (Wildman–Crippen MR) is 74.1 cm³/mol. The molecule has 2 rings (SSSR count). The fourth-order valence-corrected chi connectivity index (χ4v) is 2.38. The second-order valence-corrected chi connectivity index (χ2v) is 4.83. The van der Waals surface area contributed by atoms with E-state index in [0.29, 0.717) is 24.4 Å². The second-order valence-electron chi connectivity index (χ2n) is 4.83. The first-order valence-electron chi connectivity index (χ1n) is 6.86. The molecule has 0 aromatic carbocycles. The van der Waals surface area contributed by atoms with Crippen molar-refractivity contribution in [1.29, 1.82) is 0 Å². The van der Waals surface area contributed by atoms with Gasteiger partial charge in [-0.15, -0.1) is 0 Å². The molecule has 0 saturated carbocycles. The Kier molecular flexibility index (Phi) is 4.81. The SMILES string of the molecule is CCOc1cccc(NC(C)C2CCCNC2)n1. The molecule has 1 fully saturated rings. The quantitative estimate of drug-likeness (QED) is 0.840. The highest BCUT2D eigenvalue weighted by atomic mass is 16.5. The molecule has 1 aromatic rings. The molecule has 1 aliphatic heterocycles. The summed E-state index contributed by atoms with van der Waals surface area (Å²) in [6.07, 6.45) is 2.55. The van der Waals surface area contributed by atoms with Gasteiger partial charge in [0.25, 0.3) is 0 Å². The lowest BCUT2D eigenvalue weighted by Gasteiger charge is -2.29. The molecular weight excluding hydrogens is 226 g/mol. The third-order valence-corrected chi connectivity index (χ3v) is 3.43. The van der Waals surface area contributed by atoms with Crippen molar-refractivity contribution in [3.63, 3.8) is 0 Å². The van der Waals surface area contributed by atoms with Crippen LogP contribution in [-0.4, -0.2) is 30.7 Å². The number of piperidine rings is 1. The number of aromatic nitrogens is 1. The van der Waals surface area contributed by atoms with Gasteiger partial charge in [-0.2, -0.15) is 4.98 Å². The van der Waals surface area contributed by atoms with Crippen LogP contribution in [0.2, 0.25) is 0 Å². The summed E-state index contributed by atoms with van der Waals surface area (Å²) in [5, 5.41) is 6.93. The molecule has 1 aliphatic rings. The van der Waals surface area contributed by atoms with Gasteiger partial charge in [0.1, 0.15) is 5.82 Å². The van der Waals surface area contributed by atoms with Gasteiger partial charge in [-0.05, 0) is 51.8 Å². The molecule has 0 radical (unpaired) electrons. The normalized spacial score (nSPS) is 21.3. The van der Waals surface area contributed by atoms with Gasteiger partial charge in [-0.25, -0.2) is 0 Å². The molecule has 18 heavy (non-hydrogen) atoms. The van der Waals surface area contributed by atoms with Crippen LogP contribution in [0.5, 0.6) is 5.88 Å². The summed E-state index contributed by atoms with van der Waals surface area (Å²) >= 11 is 0. The van der Waals surface area contributed by atoms with Crippen LogP contribution in [-0.2, 0) is 0 Å². The number of rotatable bonds is 5. The summed E-state index contributed by atoms with van der Waals surface area (Å²) in [7, 11) is 0. The van der Waals surface area contributed by atoms with Gasteiger partial charge in [0, 0.05) is 12.1 Å². The summed E-state index contributed by atoms with van der Waals surface area (Å²) in [6.45, 7) is 7.10. The smallest absolute Gasteiger partial charge is 0.215 e. The Hall–Kier alpha value is -1.29. The molecule has 2 unspecified atom stereocenters. The molecule has 0 bridgehead atoms. The van der Waals surface area contributed by atoms with Gasteiger partial charge in [0.15, 0.2) is 0 Å². The largest absolute Gasteiger partial charge is 0.478 e. The lowest BCUT2D eigenvalue weighted by molar-refractivity contribution is 0.326. The van der Waals surface area contributed by atoms with Crippen molar-refractivity contribution in [2.24, 2.45) is 5.92 Å². The van der Waals surface area contributed by atoms with Gasteiger partial charge in [0.05, 0.1) is 6.61 Å². The van der Waals surface area contributed by atoms with Crippen LogP contribution in [0.25, 0.3) is 0 Å². The number of ether oxygens (including phenoxy) is 1. The average Bonchev–Trinajstić information content (AvgIpc) is 2.40. The van der Waals surface area contributed by atoms with Gasteiger partial charge in [0.2, 0.25) is 5.88 Å². The Morgan fingerprint density at radius 2 is 2.44 bits per heavy atom. The standard InChI is InChI=1S/C14H23N3O/c1-3-18-14-8-4-7-13(17-14)16-11(2)12-6-5-9-15-10-12/h4,7-8,11-12,15H,3,5-6,9-10H2,1-2H3,(H,16,17). The van der Waals surface area contributed by atoms with E-state index in [1.165, 1.54) is 12.8 Å². The summed E-state index contributed by atoms with van der Waals surface area (Å²) in [5.74, 6) is 2.27. The number of nitrogens with one attached hydrogen (secondary N) is 2. The van der Waals surface area contributed by atoms with E-state index in [-0.39, 0.29) is 0 Å². The summed E-state index contributed by atoms with van der Waals surface area (Å²) < 4.78 is 5.41. The number of nitrogens with zero attached hydrogens (tertiary/aromatic N) is 1. The number of anilines is 1. The van der Waals surface area contributed by atoms with Crippen LogP contribution in [0.1, 0.15) is 26.7 Å². The Labute approximate surface area is 109 Å². The highest BCUT2D eigenvalue weighted by molar-refractivity contribution is 5.38. The first kappa shape index (κ1) is 13.1. The Morgan fingerprint density at radius 1 is 1.56 bits per heavy atom. The molecule has 0 amide bonds. The van der Waals surface area contributed by atoms with Crippen LogP contribution in [0.3, 0.4) is 0 Å². The van der Waals surface area contributed by atoms with E-state index in [0.717, 1.165) is 18.9 Å².